The van der Waals surface area contributed by atoms with E-state index in [4.69, 9.17) is 5.73 Å². The molecule has 0 saturated heterocycles. The van der Waals surface area contributed by atoms with Crippen molar-refractivity contribution in [2.45, 2.75) is 19.1 Å². The SMILES string of the molecule is NCc1c(C(F)(F)F)cnc(OC(F)(F)F)c1I. The van der Waals surface area contributed by atoms with E-state index in [1.807, 2.05) is 0 Å². The summed E-state index contributed by atoms with van der Waals surface area (Å²) in [4.78, 5) is 3.01. The maximum atomic E-state index is 12.5. The van der Waals surface area contributed by atoms with Gasteiger partial charge in [-0.25, -0.2) is 4.98 Å². The van der Waals surface area contributed by atoms with E-state index in [-0.39, 0.29) is 6.20 Å². The van der Waals surface area contributed by atoms with Crippen LogP contribution < -0.4 is 10.5 Å². The number of hydrogen-bond donors (Lipinski definition) is 1. The molecule has 102 valence electrons. The van der Waals surface area contributed by atoms with E-state index in [0.29, 0.717) is 0 Å². The predicted molar refractivity (Wildman–Crippen MR) is 56.5 cm³/mol. The number of pyridine rings is 1. The van der Waals surface area contributed by atoms with Gasteiger partial charge in [-0.2, -0.15) is 13.2 Å². The number of halogens is 7. The highest BCUT2D eigenvalue weighted by Gasteiger charge is 2.37. The molecular formula is C8H5F6IN2O. The average Bonchev–Trinajstić information content (AvgIpc) is 2.17. The van der Waals surface area contributed by atoms with E-state index < -0.39 is 39.7 Å². The summed E-state index contributed by atoms with van der Waals surface area (Å²) >= 11 is 1.28. The van der Waals surface area contributed by atoms with Gasteiger partial charge in [-0.3, -0.25) is 0 Å². The van der Waals surface area contributed by atoms with E-state index in [0.717, 1.165) is 0 Å². The largest absolute Gasteiger partial charge is 0.574 e. The minimum Gasteiger partial charge on any atom is -0.387 e. The zero-order valence-electron chi connectivity index (χ0n) is 8.36. The molecule has 1 aromatic heterocycles. The Bertz CT molecular complexity index is 444. The first kappa shape index (κ1) is 15.3. The van der Waals surface area contributed by atoms with Crippen LogP contribution in [0, 0.1) is 3.57 Å². The van der Waals surface area contributed by atoms with Gasteiger partial charge >= 0.3 is 12.5 Å². The van der Waals surface area contributed by atoms with Gasteiger partial charge in [0.05, 0.1) is 9.13 Å². The van der Waals surface area contributed by atoms with Crippen molar-refractivity contribution < 1.29 is 31.1 Å². The number of aromatic nitrogens is 1. The summed E-state index contributed by atoms with van der Waals surface area (Å²) in [5.41, 5.74) is 3.45. The first-order valence-corrected chi connectivity index (χ1v) is 5.34. The van der Waals surface area contributed by atoms with Crippen molar-refractivity contribution in [3.05, 3.63) is 20.9 Å². The Morgan fingerprint density at radius 2 is 1.78 bits per heavy atom. The Balaban J connectivity index is 3.29. The van der Waals surface area contributed by atoms with Crippen LogP contribution in [-0.2, 0) is 12.7 Å². The summed E-state index contributed by atoms with van der Waals surface area (Å²) in [5.74, 6) is -0.948. The number of nitrogens with two attached hydrogens (primary N) is 1. The first-order valence-electron chi connectivity index (χ1n) is 4.26. The fourth-order valence-electron chi connectivity index (χ4n) is 1.13. The van der Waals surface area contributed by atoms with Crippen molar-refractivity contribution in [2.24, 2.45) is 5.73 Å². The summed E-state index contributed by atoms with van der Waals surface area (Å²) in [5, 5.41) is 0. The molecule has 0 spiro atoms. The summed E-state index contributed by atoms with van der Waals surface area (Å²) in [7, 11) is 0. The number of nitrogens with zero attached hydrogens (tertiary/aromatic N) is 1. The molecule has 1 rings (SSSR count). The molecule has 0 fully saturated rings. The molecule has 0 bridgehead atoms. The maximum absolute atomic E-state index is 12.5. The molecular weight excluding hydrogens is 381 g/mol. The lowest BCUT2D eigenvalue weighted by Gasteiger charge is -2.16. The van der Waals surface area contributed by atoms with Crippen LogP contribution in [0.2, 0.25) is 0 Å². The van der Waals surface area contributed by atoms with Crippen LogP contribution in [0.5, 0.6) is 5.88 Å². The van der Waals surface area contributed by atoms with Crippen LogP contribution in [0.15, 0.2) is 6.20 Å². The van der Waals surface area contributed by atoms with Crippen LogP contribution >= 0.6 is 22.6 Å². The third-order valence-electron chi connectivity index (χ3n) is 1.81. The Labute approximate surface area is 110 Å². The van der Waals surface area contributed by atoms with Gasteiger partial charge < -0.3 is 10.5 Å². The number of hydrogen-bond acceptors (Lipinski definition) is 3. The van der Waals surface area contributed by atoms with Crippen LogP contribution in [0.4, 0.5) is 26.3 Å². The lowest BCUT2D eigenvalue weighted by atomic mass is 10.1. The van der Waals surface area contributed by atoms with Crippen LogP contribution in [0.25, 0.3) is 0 Å². The quantitative estimate of drug-likeness (QED) is 0.628. The van der Waals surface area contributed by atoms with Gasteiger partial charge in [0.1, 0.15) is 0 Å². The van der Waals surface area contributed by atoms with Crippen molar-refractivity contribution in [3.63, 3.8) is 0 Å². The lowest BCUT2D eigenvalue weighted by Crippen LogP contribution is -2.21. The highest BCUT2D eigenvalue weighted by Crippen LogP contribution is 2.36. The normalized spacial score (nSPS) is 12.7. The van der Waals surface area contributed by atoms with Gasteiger partial charge in [-0.15, -0.1) is 13.2 Å². The number of alkyl halides is 6. The minimum atomic E-state index is -5.03. The molecule has 1 heterocycles. The van der Waals surface area contributed by atoms with Crippen molar-refractivity contribution in [1.29, 1.82) is 0 Å². The molecule has 10 heteroatoms. The standard InChI is InChI=1S/C8H5F6IN2O/c9-7(10,11)4-2-17-6(18-8(12,13)14)5(15)3(4)1-16/h2H,1,16H2. The molecule has 0 aromatic carbocycles. The molecule has 1 aromatic rings. The molecule has 0 saturated carbocycles. The molecule has 0 aliphatic rings. The summed E-state index contributed by atoms with van der Waals surface area (Å²) in [6.07, 6.45) is -9.50. The molecule has 0 unspecified atom stereocenters. The molecule has 0 amide bonds. The van der Waals surface area contributed by atoms with E-state index in [1.165, 1.54) is 22.6 Å². The Hall–Kier alpha value is -0.780. The molecule has 0 aliphatic carbocycles. The van der Waals surface area contributed by atoms with Gasteiger partial charge in [-0.1, -0.05) is 0 Å². The molecule has 2 N–H and O–H groups in total. The molecule has 0 aliphatic heterocycles. The Morgan fingerprint density at radius 1 is 1.22 bits per heavy atom. The average molecular weight is 386 g/mol. The summed E-state index contributed by atoms with van der Waals surface area (Å²) in [6.45, 7) is -0.580. The third-order valence-corrected chi connectivity index (χ3v) is 2.92. The van der Waals surface area contributed by atoms with Gasteiger partial charge in [0.2, 0.25) is 5.88 Å². The van der Waals surface area contributed by atoms with Crippen molar-refractivity contribution in [2.75, 3.05) is 0 Å². The zero-order valence-corrected chi connectivity index (χ0v) is 10.5. The Morgan fingerprint density at radius 3 is 2.17 bits per heavy atom. The number of ether oxygens (including phenoxy) is 1. The monoisotopic (exact) mass is 386 g/mol. The smallest absolute Gasteiger partial charge is 0.387 e. The maximum Gasteiger partial charge on any atom is 0.574 e. The topological polar surface area (TPSA) is 48.1 Å². The second kappa shape index (κ2) is 5.07. The van der Waals surface area contributed by atoms with Crippen molar-refractivity contribution in [3.8, 4) is 5.88 Å². The second-order valence-electron chi connectivity index (χ2n) is 3.02. The van der Waals surface area contributed by atoms with Gasteiger partial charge in [0.15, 0.2) is 0 Å². The number of rotatable bonds is 2. The van der Waals surface area contributed by atoms with Gasteiger partial charge in [0, 0.05) is 12.7 Å². The van der Waals surface area contributed by atoms with E-state index in [9.17, 15) is 26.3 Å². The molecule has 3 nitrogen and oxygen atoms in total. The predicted octanol–water partition coefficient (Wildman–Crippen LogP) is 3.06. The molecule has 0 radical (unpaired) electrons. The van der Waals surface area contributed by atoms with Crippen LogP contribution in [-0.4, -0.2) is 11.3 Å². The zero-order chi connectivity index (χ0) is 14.1. The van der Waals surface area contributed by atoms with E-state index in [1.54, 1.807) is 0 Å². The fraction of sp³-hybridized carbons (Fsp3) is 0.375. The molecule has 0 atom stereocenters. The van der Waals surface area contributed by atoms with Crippen LogP contribution in [0.1, 0.15) is 11.1 Å². The molecule has 18 heavy (non-hydrogen) atoms. The summed E-state index contributed by atoms with van der Waals surface area (Å²) < 4.78 is 76.6. The first-order chi connectivity index (χ1) is 8.06. The van der Waals surface area contributed by atoms with Crippen LogP contribution in [0.3, 0.4) is 0 Å². The second-order valence-corrected chi connectivity index (χ2v) is 4.10. The van der Waals surface area contributed by atoms with E-state index in [2.05, 4.69) is 9.72 Å². The van der Waals surface area contributed by atoms with Gasteiger partial charge in [-0.05, 0) is 28.2 Å². The van der Waals surface area contributed by atoms with Crippen molar-refractivity contribution >= 4 is 22.6 Å². The van der Waals surface area contributed by atoms with E-state index >= 15 is 0 Å². The summed E-state index contributed by atoms with van der Waals surface area (Å²) in [6, 6.07) is 0. The highest BCUT2D eigenvalue weighted by atomic mass is 127. The Kier molecular flexibility index (Phi) is 4.30. The minimum absolute atomic E-state index is 0.269. The third kappa shape index (κ3) is 3.60. The van der Waals surface area contributed by atoms with Gasteiger partial charge in [0.25, 0.3) is 0 Å². The van der Waals surface area contributed by atoms with Crippen molar-refractivity contribution in [1.82, 2.24) is 4.98 Å². The lowest BCUT2D eigenvalue weighted by molar-refractivity contribution is -0.276. The fourth-order valence-corrected chi connectivity index (χ4v) is 1.89. The highest BCUT2D eigenvalue weighted by molar-refractivity contribution is 14.1.